The van der Waals surface area contributed by atoms with E-state index in [4.69, 9.17) is 9.94 Å². The molecule has 6 nitrogen and oxygen atoms in total. The van der Waals surface area contributed by atoms with Crippen LogP contribution in [-0.4, -0.2) is 35.3 Å². The Morgan fingerprint density at radius 2 is 2.20 bits per heavy atom. The van der Waals surface area contributed by atoms with Crippen LogP contribution in [0.5, 0.6) is 0 Å². The topological polar surface area (TPSA) is 88.0 Å². The lowest BCUT2D eigenvalue weighted by Gasteiger charge is -2.08. The third kappa shape index (κ3) is 3.34. The number of carbonyl (C=O) groups is 2. The summed E-state index contributed by atoms with van der Waals surface area (Å²) in [6, 6.07) is 7.75. The number of aryl methyl sites for hydroxylation is 1. The molecule has 2 rings (SSSR count). The molecule has 1 aromatic rings. The zero-order chi connectivity index (χ0) is 14.5. The maximum Gasteiger partial charge on any atom is 0.305 e. The molecule has 1 aliphatic rings. The zero-order valence-electron chi connectivity index (χ0n) is 11.1. The van der Waals surface area contributed by atoms with Crippen LogP contribution in [0.4, 0.5) is 0 Å². The number of nitrogens with zero attached hydrogens (tertiary/aromatic N) is 1. The van der Waals surface area contributed by atoms with E-state index in [0.29, 0.717) is 6.42 Å². The van der Waals surface area contributed by atoms with E-state index in [-0.39, 0.29) is 18.9 Å². The van der Waals surface area contributed by atoms with Crippen LogP contribution in [0.2, 0.25) is 0 Å². The van der Waals surface area contributed by atoms with Crippen LogP contribution in [0.3, 0.4) is 0 Å². The molecule has 2 N–H and O–H groups in total. The monoisotopic (exact) mass is 276 g/mol. The summed E-state index contributed by atoms with van der Waals surface area (Å²) in [5.74, 6) is -1.28. The van der Waals surface area contributed by atoms with Crippen molar-refractivity contribution in [3.8, 4) is 0 Å². The highest BCUT2D eigenvalue weighted by molar-refractivity contribution is 6.05. The van der Waals surface area contributed by atoms with Crippen molar-refractivity contribution in [2.75, 3.05) is 6.54 Å². The van der Waals surface area contributed by atoms with Crippen molar-refractivity contribution in [1.82, 2.24) is 5.32 Å². The van der Waals surface area contributed by atoms with Crippen LogP contribution in [0.25, 0.3) is 0 Å². The summed E-state index contributed by atoms with van der Waals surface area (Å²) in [6.45, 7) is 2.06. The highest BCUT2D eigenvalue weighted by Gasteiger charge is 2.29. The summed E-state index contributed by atoms with van der Waals surface area (Å²) in [5, 5.41) is 15.0. The molecule has 0 radical (unpaired) electrons. The lowest BCUT2D eigenvalue weighted by atomic mass is 10.0. The Morgan fingerprint density at radius 1 is 1.45 bits per heavy atom. The number of hydrogen-bond acceptors (Lipinski definition) is 4. The van der Waals surface area contributed by atoms with E-state index in [2.05, 4.69) is 10.5 Å². The number of carboxylic acid groups (broad SMARTS) is 1. The molecule has 1 amide bonds. The van der Waals surface area contributed by atoms with E-state index in [9.17, 15) is 9.59 Å². The van der Waals surface area contributed by atoms with Gasteiger partial charge in [-0.25, -0.2) is 0 Å². The van der Waals surface area contributed by atoms with Crippen LogP contribution in [0, 0.1) is 6.92 Å². The average Bonchev–Trinajstić information content (AvgIpc) is 2.88. The number of oxime groups is 1. The average molecular weight is 276 g/mol. The normalized spacial score (nSPS) is 17.2. The molecule has 106 valence electrons. The van der Waals surface area contributed by atoms with Gasteiger partial charge in [0.05, 0.1) is 12.1 Å². The third-order valence-electron chi connectivity index (χ3n) is 3.06. The Hall–Kier alpha value is -2.37. The first-order chi connectivity index (χ1) is 9.58. The van der Waals surface area contributed by atoms with E-state index in [1.165, 1.54) is 0 Å². The maximum atomic E-state index is 11.8. The fourth-order valence-electron chi connectivity index (χ4n) is 1.98. The van der Waals surface area contributed by atoms with Gasteiger partial charge in [0, 0.05) is 18.5 Å². The molecule has 20 heavy (non-hydrogen) atoms. The van der Waals surface area contributed by atoms with Gasteiger partial charge in [-0.1, -0.05) is 29.4 Å². The van der Waals surface area contributed by atoms with E-state index in [1.807, 2.05) is 31.2 Å². The van der Waals surface area contributed by atoms with E-state index in [1.54, 1.807) is 0 Å². The van der Waals surface area contributed by atoms with Crippen LogP contribution >= 0.6 is 0 Å². The largest absolute Gasteiger partial charge is 0.481 e. The van der Waals surface area contributed by atoms with Crippen LogP contribution in [0.1, 0.15) is 24.0 Å². The Balaban J connectivity index is 1.90. The van der Waals surface area contributed by atoms with Crippen molar-refractivity contribution < 1.29 is 19.5 Å². The Bertz CT molecular complexity index is 554. The van der Waals surface area contributed by atoms with Gasteiger partial charge in [-0.3, -0.25) is 9.59 Å². The standard InChI is InChI=1S/C14H16N2O4/c1-9-4-2-3-5-10(9)11-8-12(20-16-11)14(19)15-7-6-13(17)18/h2-5,12H,6-8H2,1H3,(H,15,19)(H,17,18). The minimum Gasteiger partial charge on any atom is -0.481 e. The number of rotatable bonds is 5. The summed E-state index contributed by atoms with van der Waals surface area (Å²) >= 11 is 0. The molecule has 1 heterocycles. The Labute approximate surface area is 116 Å². The summed E-state index contributed by atoms with van der Waals surface area (Å²) in [4.78, 5) is 27.3. The van der Waals surface area contributed by atoms with Crippen LogP contribution in [0.15, 0.2) is 29.4 Å². The molecule has 0 aliphatic carbocycles. The maximum absolute atomic E-state index is 11.8. The number of nitrogens with one attached hydrogen (secondary N) is 1. The van der Waals surface area contributed by atoms with Gasteiger partial charge < -0.3 is 15.3 Å². The molecule has 1 unspecified atom stereocenters. The summed E-state index contributed by atoms with van der Waals surface area (Å²) < 4.78 is 0. The van der Waals surface area contributed by atoms with E-state index < -0.39 is 12.1 Å². The summed E-state index contributed by atoms with van der Waals surface area (Å²) in [6.07, 6.45) is -0.397. The second-order valence-electron chi connectivity index (χ2n) is 4.59. The molecule has 0 spiro atoms. The highest BCUT2D eigenvalue weighted by Crippen LogP contribution is 2.19. The number of amides is 1. The molecule has 0 bridgehead atoms. The first kappa shape index (κ1) is 14.0. The molecule has 1 aliphatic heterocycles. The molecular formula is C14H16N2O4. The molecule has 0 saturated carbocycles. The second kappa shape index (κ2) is 6.18. The van der Waals surface area contributed by atoms with Gasteiger partial charge in [0.25, 0.3) is 5.91 Å². The lowest BCUT2D eigenvalue weighted by molar-refractivity contribution is -0.137. The fraction of sp³-hybridized carbons (Fsp3) is 0.357. The van der Waals surface area contributed by atoms with Gasteiger partial charge in [0.15, 0.2) is 0 Å². The van der Waals surface area contributed by atoms with Gasteiger partial charge >= 0.3 is 5.97 Å². The van der Waals surface area contributed by atoms with Crippen LogP contribution in [-0.2, 0) is 14.4 Å². The molecule has 1 atom stereocenters. The molecular weight excluding hydrogens is 260 g/mol. The molecule has 0 fully saturated rings. The number of hydrogen-bond donors (Lipinski definition) is 2. The fourth-order valence-corrected chi connectivity index (χ4v) is 1.98. The first-order valence-corrected chi connectivity index (χ1v) is 6.36. The molecule has 6 heteroatoms. The number of benzene rings is 1. The predicted octanol–water partition coefficient (Wildman–Crippen LogP) is 1.08. The number of aliphatic carboxylic acids is 1. The molecule has 0 aromatic heterocycles. The van der Waals surface area contributed by atoms with Crippen molar-refractivity contribution in [3.05, 3.63) is 35.4 Å². The van der Waals surface area contributed by atoms with E-state index in [0.717, 1.165) is 16.8 Å². The molecule has 1 aromatic carbocycles. The van der Waals surface area contributed by atoms with Crippen LogP contribution < -0.4 is 5.32 Å². The van der Waals surface area contributed by atoms with Gasteiger partial charge in [0.2, 0.25) is 6.10 Å². The number of carbonyl (C=O) groups excluding carboxylic acids is 1. The minimum atomic E-state index is -0.950. The molecule has 0 saturated heterocycles. The van der Waals surface area contributed by atoms with Gasteiger partial charge in [0.1, 0.15) is 0 Å². The van der Waals surface area contributed by atoms with Crippen molar-refractivity contribution in [2.24, 2.45) is 5.16 Å². The highest BCUT2D eigenvalue weighted by atomic mass is 16.6. The SMILES string of the molecule is Cc1ccccc1C1=NOC(C(=O)NCCC(=O)O)C1. The quantitative estimate of drug-likeness (QED) is 0.842. The smallest absolute Gasteiger partial charge is 0.305 e. The Kier molecular flexibility index (Phi) is 4.34. The minimum absolute atomic E-state index is 0.0910. The van der Waals surface area contributed by atoms with Crippen molar-refractivity contribution in [3.63, 3.8) is 0 Å². The number of carboxylic acids is 1. The van der Waals surface area contributed by atoms with Gasteiger partial charge in [-0.15, -0.1) is 0 Å². The van der Waals surface area contributed by atoms with Crippen molar-refractivity contribution in [2.45, 2.75) is 25.9 Å². The van der Waals surface area contributed by atoms with E-state index >= 15 is 0 Å². The lowest BCUT2D eigenvalue weighted by Crippen LogP contribution is -2.36. The first-order valence-electron chi connectivity index (χ1n) is 6.36. The van der Waals surface area contributed by atoms with Gasteiger partial charge in [-0.2, -0.15) is 0 Å². The summed E-state index contributed by atoms with van der Waals surface area (Å²) in [7, 11) is 0. The third-order valence-corrected chi connectivity index (χ3v) is 3.06. The van der Waals surface area contributed by atoms with Gasteiger partial charge in [-0.05, 0) is 12.5 Å². The predicted molar refractivity (Wildman–Crippen MR) is 72.5 cm³/mol. The summed E-state index contributed by atoms with van der Waals surface area (Å²) in [5.41, 5.74) is 2.77. The Morgan fingerprint density at radius 3 is 2.90 bits per heavy atom. The zero-order valence-corrected chi connectivity index (χ0v) is 11.1. The van der Waals surface area contributed by atoms with Crippen molar-refractivity contribution in [1.29, 1.82) is 0 Å². The second-order valence-corrected chi connectivity index (χ2v) is 4.59. The van der Waals surface area contributed by atoms with Crippen molar-refractivity contribution >= 4 is 17.6 Å².